The summed E-state index contributed by atoms with van der Waals surface area (Å²) in [5, 5.41) is 9.43. The Balaban J connectivity index is 2.70. The van der Waals surface area contributed by atoms with Crippen LogP contribution in [0.1, 0.15) is 30.1 Å². The summed E-state index contributed by atoms with van der Waals surface area (Å²) in [6.45, 7) is 1.77. The second kappa shape index (κ2) is 6.39. The monoisotopic (exact) mass is 251 g/mol. The molecule has 0 spiro atoms. The van der Waals surface area contributed by atoms with E-state index in [0.29, 0.717) is 11.5 Å². The normalized spacial score (nSPS) is 9.61. The van der Waals surface area contributed by atoms with Crippen LogP contribution in [0.3, 0.4) is 0 Å². The first-order valence-electron chi connectivity index (χ1n) is 5.37. The molecule has 0 aliphatic heterocycles. The van der Waals surface area contributed by atoms with Crippen LogP contribution in [0.4, 0.5) is 0 Å². The van der Waals surface area contributed by atoms with Gasteiger partial charge in [0.15, 0.2) is 0 Å². The van der Waals surface area contributed by atoms with Gasteiger partial charge in [0.2, 0.25) is 0 Å². The van der Waals surface area contributed by atoms with E-state index >= 15 is 0 Å². The molecule has 0 atom stereocenters. The second-order valence-corrected chi connectivity index (χ2v) is 3.50. The fraction of sp³-hybridized carbons (Fsp3) is 0.250. The van der Waals surface area contributed by atoms with Gasteiger partial charge < -0.3 is 9.94 Å². The SMILES string of the molecule is CCCC(=O)N(C=O)OC(=O)c1ccc(O)cc1. The fourth-order valence-corrected chi connectivity index (χ4v) is 1.19. The third-order valence-corrected chi connectivity index (χ3v) is 2.09. The lowest BCUT2D eigenvalue weighted by Gasteiger charge is -2.13. The van der Waals surface area contributed by atoms with Crippen LogP contribution in [0.25, 0.3) is 0 Å². The molecule has 1 N–H and O–H groups in total. The van der Waals surface area contributed by atoms with E-state index in [1.807, 2.05) is 0 Å². The standard InChI is InChI=1S/C12H13NO5/c1-2-3-11(16)13(8-14)18-12(17)9-4-6-10(15)7-5-9/h4-8,15H,2-3H2,1H3. The number of hydrogen-bond acceptors (Lipinski definition) is 5. The third-order valence-electron chi connectivity index (χ3n) is 2.09. The topological polar surface area (TPSA) is 83.9 Å². The van der Waals surface area contributed by atoms with Crippen molar-refractivity contribution in [2.75, 3.05) is 0 Å². The van der Waals surface area contributed by atoms with Gasteiger partial charge in [-0.1, -0.05) is 6.92 Å². The summed E-state index contributed by atoms with van der Waals surface area (Å²) in [6.07, 6.45) is 0.803. The Labute approximate surface area is 104 Å². The average Bonchev–Trinajstić information content (AvgIpc) is 2.36. The van der Waals surface area contributed by atoms with E-state index in [9.17, 15) is 14.4 Å². The van der Waals surface area contributed by atoms with Crippen LogP contribution in [0.15, 0.2) is 24.3 Å². The van der Waals surface area contributed by atoms with Gasteiger partial charge in [0.05, 0.1) is 5.56 Å². The summed E-state index contributed by atoms with van der Waals surface area (Å²) in [5.74, 6) is -1.42. The molecule has 0 fully saturated rings. The second-order valence-electron chi connectivity index (χ2n) is 3.50. The highest BCUT2D eigenvalue weighted by Gasteiger charge is 2.18. The van der Waals surface area contributed by atoms with Crippen LogP contribution in [0.5, 0.6) is 5.75 Å². The van der Waals surface area contributed by atoms with Gasteiger partial charge in [0, 0.05) is 6.42 Å². The lowest BCUT2D eigenvalue weighted by molar-refractivity contribution is -0.171. The van der Waals surface area contributed by atoms with Crippen molar-refractivity contribution < 1.29 is 24.3 Å². The minimum atomic E-state index is -0.841. The van der Waals surface area contributed by atoms with Gasteiger partial charge in [-0.15, -0.1) is 5.06 Å². The maximum atomic E-state index is 11.6. The Morgan fingerprint density at radius 1 is 1.33 bits per heavy atom. The number of amides is 2. The van der Waals surface area contributed by atoms with Crippen molar-refractivity contribution in [1.82, 2.24) is 5.06 Å². The van der Waals surface area contributed by atoms with Crippen molar-refractivity contribution in [3.8, 4) is 5.75 Å². The zero-order valence-electron chi connectivity index (χ0n) is 9.83. The van der Waals surface area contributed by atoms with E-state index in [4.69, 9.17) is 5.11 Å². The van der Waals surface area contributed by atoms with Gasteiger partial charge >= 0.3 is 5.97 Å². The smallest absolute Gasteiger partial charge is 0.363 e. The van der Waals surface area contributed by atoms with Crippen molar-refractivity contribution >= 4 is 18.3 Å². The van der Waals surface area contributed by atoms with Gasteiger partial charge in [0.25, 0.3) is 12.3 Å². The molecule has 18 heavy (non-hydrogen) atoms. The molecule has 0 aliphatic carbocycles. The van der Waals surface area contributed by atoms with Crippen molar-refractivity contribution in [3.05, 3.63) is 29.8 Å². The number of phenols is 1. The molecule has 1 aromatic rings. The summed E-state index contributed by atoms with van der Waals surface area (Å²) < 4.78 is 0. The molecule has 1 aromatic carbocycles. The Hall–Kier alpha value is -2.37. The minimum absolute atomic E-state index is 0.000790. The van der Waals surface area contributed by atoms with Gasteiger partial charge in [0.1, 0.15) is 5.75 Å². The molecule has 0 aliphatic rings. The van der Waals surface area contributed by atoms with Crippen LogP contribution < -0.4 is 0 Å². The molecule has 0 heterocycles. The Kier molecular flexibility index (Phi) is 4.86. The first-order valence-corrected chi connectivity index (χ1v) is 5.37. The molecule has 0 aromatic heterocycles. The number of rotatable bonds is 4. The average molecular weight is 251 g/mol. The van der Waals surface area contributed by atoms with Crippen LogP contribution in [-0.4, -0.2) is 28.5 Å². The highest BCUT2D eigenvalue weighted by molar-refractivity contribution is 5.92. The largest absolute Gasteiger partial charge is 0.508 e. The molecule has 0 bridgehead atoms. The van der Waals surface area contributed by atoms with Crippen molar-refractivity contribution in [2.45, 2.75) is 19.8 Å². The van der Waals surface area contributed by atoms with Crippen molar-refractivity contribution in [3.63, 3.8) is 0 Å². The van der Waals surface area contributed by atoms with Crippen molar-refractivity contribution in [2.24, 2.45) is 0 Å². The van der Waals surface area contributed by atoms with E-state index in [-0.39, 0.29) is 24.1 Å². The van der Waals surface area contributed by atoms with E-state index in [1.165, 1.54) is 24.3 Å². The predicted octanol–water partition coefficient (Wildman–Crippen LogP) is 1.25. The van der Waals surface area contributed by atoms with Crippen LogP contribution in [0.2, 0.25) is 0 Å². The molecular weight excluding hydrogens is 238 g/mol. The molecule has 6 heteroatoms. The number of nitrogens with zero attached hydrogens (tertiary/aromatic N) is 1. The Bertz CT molecular complexity index is 440. The molecule has 0 saturated carbocycles. The molecule has 0 unspecified atom stereocenters. The highest BCUT2D eigenvalue weighted by atomic mass is 16.7. The zero-order valence-corrected chi connectivity index (χ0v) is 9.83. The third kappa shape index (κ3) is 3.58. The molecule has 96 valence electrons. The fourth-order valence-electron chi connectivity index (χ4n) is 1.19. The number of hydroxylamine groups is 2. The van der Waals surface area contributed by atoms with Gasteiger partial charge in [-0.3, -0.25) is 9.59 Å². The van der Waals surface area contributed by atoms with Crippen LogP contribution in [-0.2, 0) is 14.4 Å². The Morgan fingerprint density at radius 3 is 2.44 bits per heavy atom. The summed E-state index contributed by atoms with van der Waals surface area (Å²) in [4.78, 5) is 38.2. The van der Waals surface area contributed by atoms with Crippen LogP contribution in [0, 0.1) is 0 Å². The molecule has 2 amide bonds. The van der Waals surface area contributed by atoms with Crippen LogP contribution >= 0.6 is 0 Å². The van der Waals surface area contributed by atoms with Crippen molar-refractivity contribution in [1.29, 1.82) is 0 Å². The maximum absolute atomic E-state index is 11.6. The number of carbonyl (C=O) groups excluding carboxylic acids is 3. The Morgan fingerprint density at radius 2 is 1.94 bits per heavy atom. The molecule has 1 rings (SSSR count). The van der Waals surface area contributed by atoms with E-state index in [2.05, 4.69) is 4.84 Å². The predicted molar refractivity (Wildman–Crippen MR) is 61.3 cm³/mol. The number of imide groups is 1. The van der Waals surface area contributed by atoms with Gasteiger partial charge in [-0.2, -0.15) is 0 Å². The number of aromatic hydroxyl groups is 1. The lowest BCUT2D eigenvalue weighted by Crippen LogP contribution is -2.32. The lowest BCUT2D eigenvalue weighted by atomic mass is 10.2. The molecular formula is C12H13NO5. The summed E-state index contributed by atoms with van der Waals surface area (Å²) in [6, 6.07) is 5.25. The molecule has 6 nitrogen and oxygen atoms in total. The maximum Gasteiger partial charge on any atom is 0.363 e. The summed E-state index contributed by atoms with van der Waals surface area (Å²) in [7, 11) is 0. The molecule has 0 saturated heterocycles. The minimum Gasteiger partial charge on any atom is -0.508 e. The van der Waals surface area contributed by atoms with E-state index in [1.54, 1.807) is 6.92 Å². The highest BCUT2D eigenvalue weighted by Crippen LogP contribution is 2.11. The number of phenolic OH excluding ortho intramolecular Hbond substituents is 1. The van der Waals surface area contributed by atoms with E-state index < -0.39 is 11.9 Å². The zero-order chi connectivity index (χ0) is 13.5. The number of carbonyl (C=O) groups is 3. The van der Waals surface area contributed by atoms with E-state index in [0.717, 1.165) is 0 Å². The number of benzene rings is 1. The van der Waals surface area contributed by atoms with Gasteiger partial charge in [-0.05, 0) is 30.7 Å². The first-order chi connectivity index (χ1) is 8.58. The summed E-state index contributed by atoms with van der Waals surface area (Å²) >= 11 is 0. The quantitative estimate of drug-likeness (QED) is 0.643. The number of hydrogen-bond donors (Lipinski definition) is 1. The summed E-state index contributed by atoms with van der Waals surface area (Å²) in [5.41, 5.74) is 0.129. The molecule has 0 radical (unpaired) electrons. The first kappa shape index (κ1) is 13.7. The van der Waals surface area contributed by atoms with Gasteiger partial charge in [-0.25, -0.2) is 4.79 Å².